The lowest BCUT2D eigenvalue weighted by Crippen LogP contribution is -2.30. The summed E-state index contributed by atoms with van der Waals surface area (Å²) >= 11 is 0. The second-order valence-corrected chi connectivity index (χ2v) is 30.7. The highest BCUT2D eigenvalue weighted by atomic mass is 31.2. The average Bonchev–Trinajstić information content (AvgIpc) is 2.36. The summed E-state index contributed by atoms with van der Waals surface area (Å²) in [5.41, 5.74) is 0. The standard InChI is InChI=1S/C73H142O17P2/c1-9-65(7)51-43-35-26-20-15-13-11-12-14-16-21-29-39-47-55-72(77)90-69(60-84-71(76)54-46-38-32-31-34-42-50-64(5)6)62-88-92(81,82)86-58-67(74)57-85-91(79,80)87-61-68(59-83-70(75)53-45-37-28-24-23-27-36-44-52-66(8)10-2)89-73(78)56-48-40-30-22-18-17-19-25-33-41-49-63(3)4/h63-69,74H,9-62H2,1-8H3,(H,79,80)(H,81,82)/t65?,66?,67-,68-,69-/m1/s1. The number of aliphatic hydroxyl groups excluding tert-OH is 1. The lowest BCUT2D eigenvalue weighted by molar-refractivity contribution is -0.161. The van der Waals surface area contributed by atoms with Crippen molar-refractivity contribution in [3.05, 3.63) is 0 Å². The molecule has 92 heavy (non-hydrogen) atoms. The van der Waals surface area contributed by atoms with Gasteiger partial charge in [-0.1, -0.05) is 312 Å². The van der Waals surface area contributed by atoms with E-state index >= 15 is 0 Å². The van der Waals surface area contributed by atoms with Gasteiger partial charge in [-0.3, -0.25) is 37.3 Å². The minimum absolute atomic E-state index is 0.105. The molecule has 0 saturated heterocycles. The van der Waals surface area contributed by atoms with Gasteiger partial charge in [0.15, 0.2) is 12.2 Å². The van der Waals surface area contributed by atoms with E-state index in [1.807, 2.05) is 0 Å². The second-order valence-electron chi connectivity index (χ2n) is 27.8. The van der Waals surface area contributed by atoms with Gasteiger partial charge in [-0.05, 0) is 49.4 Å². The Balaban J connectivity index is 5.23. The van der Waals surface area contributed by atoms with E-state index in [2.05, 4.69) is 55.4 Å². The quantitative estimate of drug-likeness (QED) is 0.0222. The fourth-order valence-electron chi connectivity index (χ4n) is 11.0. The van der Waals surface area contributed by atoms with E-state index in [1.165, 1.54) is 161 Å². The summed E-state index contributed by atoms with van der Waals surface area (Å²) in [6.07, 6.45) is 45.8. The van der Waals surface area contributed by atoms with E-state index in [0.29, 0.717) is 31.6 Å². The summed E-state index contributed by atoms with van der Waals surface area (Å²) in [6, 6.07) is 0. The fourth-order valence-corrected chi connectivity index (χ4v) is 12.5. The van der Waals surface area contributed by atoms with Crippen LogP contribution >= 0.6 is 15.6 Å². The highest BCUT2D eigenvalue weighted by Crippen LogP contribution is 2.45. The lowest BCUT2D eigenvalue weighted by atomic mass is 9.99. The summed E-state index contributed by atoms with van der Waals surface area (Å²) in [7, 11) is -9.91. The minimum Gasteiger partial charge on any atom is -0.462 e. The maximum Gasteiger partial charge on any atom is 0.472 e. The molecule has 0 amide bonds. The van der Waals surface area contributed by atoms with E-state index in [4.69, 9.17) is 37.0 Å². The maximum absolute atomic E-state index is 13.0. The van der Waals surface area contributed by atoms with Gasteiger partial charge in [-0.2, -0.15) is 0 Å². The smallest absolute Gasteiger partial charge is 0.462 e. The van der Waals surface area contributed by atoms with Crippen LogP contribution in [0.2, 0.25) is 0 Å². The summed E-state index contributed by atoms with van der Waals surface area (Å²) in [4.78, 5) is 72.6. The molecule has 0 aliphatic carbocycles. The van der Waals surface area contributed by atoms with Crippen LogP contribution in [0.3, 0.4) is 0 Å². The maximum atomic E-state index is 13.0. The predicted octanol–water partition coefficient (Wildman–Crippen LogP) is 20.9. The van der Waals surface area contributed by atoms with Crippen LogP contribution < -0.4 is 0 Å². The number of carbonyl (C=O) groups excluding carboxylic acids is 4. The van der Waals surface area contributed by atoms with Crippen LogP contribution in [0.15, 0.2) is 0 Å². The van der Waals surface area contributed by atoms with Crippen molar-refractivity contribution in [3.63, 3.8) is 0 Å². The number of hydrogen-bond donors (Lipinski definition) is 3. The number of ether oxygens (including phenoxy) is 4. The molecule has 0 saturated carbocycles. The average molecular weight is 1350 g/mol. The number of carbonyl (C=O) groups is 4. The first-order valence-corrected chi connectivity index (χ1v) is 40.8. The second kappa shape index (κ2) is 62.6. The highest BCUT2D eigenvalue weighted by Gasteiger charge is 2.30. The molecule has 4 unspecified atom stereocenters. The molecule has 0 spiro atoms. The number of esters is 4. The zero-order valence-corrected chi connectivity index (χ0v) is 62.0. The Kier molecular flexibility index (Phi) is 61.3. The molecule has 546 valence electrons. The molecule has 0 aromatic rings. The molecule has 3 N–H and O–H groups in total. The molecule has 0 aromatic heterocycles. The molecule has 0 bridgehead atoms. The van der Waals surface area contributed by atoms with Gasteiger partial charge in [0.25, 0.3) is 0 Å². The van der Waals surface area contributed by atoms with Crippen LogP contribution in [0.5, 0.6) is 0 Å². The molecule has 0 rings (SSSR count). The number of phosphoric acid groups is 2. The molecule has 19 heteroatoms. The van der Waals surface area contributed by atoms with Crippen molar-refractivity contribution in [3.8, 4) is 0 Å². The van der Waals surface area contributed by atoms with Crippen LogP contribution in [0, 0.1) is 23.7 Å². The van der Waals surface area contributed by atoms with Crippen molar-refractivity contribution in [2.75, 3.05) is 39.6 Å². The Hall–Kier alpha value is -1.94. The van der Waals surface area contributed by atoms with Gasteiger partial charge in [0.05, 0.1) is 26.4 Å². The van der Waals surface area contributed by atoms with Crippen LogP contribution in [0.25, 0.3) is 0 Å². The number of aliphatic hydroxyl groups is 1. The molecule has 17 nitrogen and oxygen atoms in total. The zero-order chi connectivity index (χ0) is 68.2. The topological polar surface area (TPSA) is 237 Å². The van der Waals surface area contributed by atoms with Crippen LogP contribution in [0.4, 0.5) is 0 Å². The minimum atomic E-state index is -4.95. The van der Waals surface area contributed by atoms with Crippen molar-refractivity contribution < 1.29 is 80.2 Å². The normalized spacial score (nSPS) is 14.8. The summed E-state index contributed by atoms with van der Waals surface area (Å²) in [5, 5.41) is 10.6. The largest absolute Gasteiger partial charge is 0.472 e. The third kappa shape index (κ3) is 64.1. The van der Waals surface area contributed by atoms with Gasteiger partial charge >= 0.3 is 39.5 Å². The molecule has 0 heterocycles. The van der Waals surface area contributed by atoms with Crippen molar-refractivity contribution >= 4 is 39.5 Å². The van der Waals surface area contributed by atoms with Gasteiger partial charge in [0.1, 0.15) is 19.3 Å². The van der Waals surface area contributed by atoms with E-state index in [-0.39, 0.29) is 25.7 Å². The Morgan fingerprint density at radius 1 is 0.304 bits per heavy atom. The number of rotatable bonds is 70. The molecular weight excluding hydrogens is 1210 g/mol. The van der Waals surface area contributed by atoms with E-state index in [0.717, 1.165) is 114 Å². The van der Waals surface area contributed by atoms with Crippen molar-refractivity contribution in [1.82, 2.24) is 0 Å². The number of phosphoric ester groups is 2. The van der Waals surface area contributed by atoms with Gasteiger partial charge in [-0.15, -0.1) is 0 Å². The molecular formula is C73H142O17P2. The molecule has 7 atom stereocenters. The van der Waals surface area contributed by atoms with Gasteiger partial charge in [0.2, 0.25) is 0 Å². The molecule has 0 aromatic carbocycles. The lowest BCUT2D eigenvalue weighted by Gasteiger charge is -2.21. The van der Waals surface area contributed by atoms with Crippen molar-refractivity contribution in [2.45, 2.75) is 382 Å². The zero-order valence-electron chi connectivity index (χ0n) is 60.2. The molecule has 0 aliphatic heterocycles. The van der Waals surface area contributed by atoms with E-state index in [9.17, 15) is 43.2 Å². The first-order valence-electron chi connectivity index (χ1n) is 37.8. The molecule has 0 radical (unpaired) electrons. The summed E-state index contributed by atoms with van der Waals surface area (Å²) < 4.78 is 68.4. The fraction of sp³-hybridized carbons (Fsp3) is 0.945. The highest BCUT2D eigenvalue weighted by molar-refractivity contribution is 7.47. The van der Waals surface area contributed by atoms with E-state index in [1.54, 1.807) is 0 Å². The van der Waals surface area contributed by atoms with Gasteiger partial charge in [-0.25, -0.2) is 9.13 Å². The van der Waals surface area contributed by atoms with Gasteiger partial charge in [0, 0.05) is 25.7 Å². The summed E-state index contributed by atoms with van der Waals surface area (Å²) in [5.74, 6) is 0.928. The van der Waals surface area contributed by atoms with Crippen LogP contribution in [-0.2, 0) is 65.4 Å². The van der Waals surface area contributed by atoms with Crippen molar-refractivity contribution in [2.24, 2.45) is 23.7 Å². The third-order valence-electron chi connectivity index (χ3n) is 17.5. The van der Waals surface area contributed by atoms with Crippen LogP contribution in [0.1, 0.15) is 364 Å². The molecule has 0 fully saturated rings. The third-order valence-corrected chi connectivity index (χ3v) is 19.4. The Bertz CT molecular complexity index is 1820. The number of hydrogen-bond acceptors (Lipinski definition) is 15. The first kappa shape index (κ1) is 90.1. The monoisotopic (exact) mass is 1350 g/mol. The van der Waals surface area contributed by atoms with E-state index < -0.39 is 97.5 Å². The van der Waals surface area contributed by atoms with Crippen molar-refractivity contribution in [1.29, 1.82) is 0 Å². The Morgan fingerprint density at radius 3 is 0.772 bits per heavy atom. The van der Waals surface area contributed by atoms with Gasteiger partial charge < -0.3 is 33.8 Å². The first-order chi connectivity index (χ1) is 44.2. The van der Waals surface area contributed by atoms with Crippen LogP contribution in [-0.4, -0.2) is 96.7 Å². The molecule has 0 aliphatic rings. The Morgan fingerprint density at radius 2 is 0.522 bits per heavy atom. The summed E-state index contributed by atoms with van der Waals surface area (Å²) in [6.45, 7) is 14.1. The SMILES string of the molecule is CCC(C)CCCCCCCCCCCCCCCCC(=O)O[C@H](COC(=O)CCCCCCCCC(C)C)COP(=O)(O)OC[C@H](O)COP(=O)(O)OC[C@@H](COC(=O)CCCCCCCCCCC(C)CC)OC(=O)CCCCCCCCCCCCC(C)C. The Labute approximate surface area is 562 Å². The predicted molar refractivity (Wildman–Crippen MR) is 372 cm³/mol. The number of unbranched alkanes of at least 4 members (excludes halogenated alkanes) is 34.